The van der Waals surface area contributed by atoms with E-state index in [4.69, 9.17) is 4.74 Å². The first-order valence-corrected chi connectivity index (χ1v) is 9.93. The molecule has 0 fully saturated rings. The van der Waals surface area contributed by atoms with E-state index in [1.54, 1.807) is 24.3 Å². The highest BCUT2D eigenvalue weighted by molar-refractivity contribution is 7.90. The molecule has 0 saturated carbocycles. The maximum atomic E-state index is 12.6. The van der Waals surface area contributed by atoms with Crippen molar-refractivity contribution in [2.45, 2.75) is 24.8 Å². The molecule has 1 aromatic heterocycles. The van der Waals surface area contributed by atoms with E-state index in [0.29, 0.717) is 11.4 Å². The SMILES string of the molecule is COc1ccnc(NNC(=O)[C@@H](N=C2NS(=O)(=O)c3ccccc32)C(C)C)n1. The third-order valence-electron chi connectivity index (χ3n) is 3.97. The zero-order valence-electron chi connectivity index (χ0n) is 15.5. The summed E-state index contributed by atoms with van der Waals surface area (Å²) in [6.45, 7) is 3.62. The second-order valence-electron chi connectivity index (χ2n) is 6.31. The van der Waals surface area contributed by atoms with Crippen LogP contribution in [0.4, 0.5) is 5.95 Å². The number of carbonyl (C=O) groups is 1. The number of carbonyl (C=O) groups excluding carboxylic acids is 1. The van der Waals surface area contributed by atoms with Gasteiger partial charge in [0.15, 0.2) is 0 Å². The number of sulfonamides is 1. The fourth-order valence-corrected chi connectivity index (χ4v) is 3.83. The summed E-state index contributed by atoms with van der Waals surface area (Å²) in [6, 6.07) is 7.20. The Morgan fingerprint density at radius 3 is 2.71 bits per heavy atom. The lowest BCUT2D eigenvalue weighted by atomic mass is 10.0. The number of amides is 1. The average Bonchev–Trinajstić information content (AvgIpc) is 2.94. The molecule has 1 atom stereocenters. The maximum absolute atomic E-state index is 12.6. The van der Waals surface area contributed by atoms with Crippen LogP contribution in [-0.2, 0) is 14.8 Å². The molecule has 10 nitrogen and oxygen atoms in total. The quantitative estimate of drug-likeness (QED) is 0.603. The molecule has 0 unspecified atom stereocenters. The molecule has 1 aromatic carbocycles. The van der Waals surface area contributed by atoms with E-state index >= 15 is 0 Å². The number of fused-ring (bicyclic) bond motifs is 1. The van der Waals surface area contributed by atoms with Crippen LogP contribution >= 0.6 is 0 Å². The highest BCUT2D eigenvalue weighted by atomic mass is 32.2. The van der Waals surface area contributed by atoms with E-state index in [0.717, 1.165) is 0 Å². The fourth-order valence-electron chi connectivity index (χ4n) is 2.59. The summed E-state index contributed by atoms with van der Waals surface area (Å²) in [6.07, 6.45) is 1.48. The van der Waals surface area contributed by atoms with Crippen LogP contribution in [0.3, 0.4) is 0 Å². The van der Waals surface area contributed by atoms with Gasteiger partial charge in [0.2, 0.25) is 11.8 Å². The van der Waals surface area contributed by atoms with Crippen LogP contribution in [-0.4, -0.2) is 43.3 Å². The van der Waals surface area contributed by atoms with Gasteiger partial charge in [-0.1, -0.05) is 26.0 Å². The summed E-state index contributed by atoms with van der Waals surface area (Å²) < 4.78 is 31.8. The number of amidine groups is 1. The number of nitrogens with zero attached hydrogens (tertiary/aromatic N) is 3. The van der Waals surface area contributed by atoms with Crippen LogP contribution in [0, 0.1) is 5.92 Å². The minimum absolute atomic E-state index is 0.138. The normalized spacial score (nSPS) is 16.9. The van der Waals surface area contributed by atoms with Gasteiger partial charge in [-0.05, 0) is 18.1 Å². The molecule has 0 spiro atoms. The predicted octanol–water partition coefficient (Wildman–Crippen LogP) is 0.692. The molecule has 28 heavy (non-hydrogen) atoms. The third-order valence-corrected chi connectivity index (χ3v) is 5.36. The molecular formula is C17H20N6O4S. The Hall–Kier alpha value is -3.21. The second-order valence-corrected chi connectivity index (χ2v) is 7.96. The highest BCUT2D eigenvalue weighted by Gasteiger charge is 2.32. The van der Waals surface area contributed by atoms with Gasteiger partial charge in [0.25, 0.3) is 15.9 Å². The van der Waals surface area contributed by atoms with Crippen molar-refractivity contribution in [3.63, 3.8) is 0 Å². The van der Waals surface area contributed by atoms with Gasteiger partial charge < -0.3 is 4.74 Å². The number of benzene rings is 1. The van der Waals surface area contributed by atoms with Crippen molar-refractivity contribution in [2.75, 3.05) is 12.5 Å². The van der Waals surface area contributed by atoms with Crippen molar-refractivity contribution in [3.05, 3.63) is 42.1 Å². The van der Waals surface area contributed by atoms with Gasteiger partial charge in [-0.25, -0.2) is 13.4 Å². The summed E-state index contributed by atoms with van der Waals surface area (Å²) in [5, 5.41) is 0. The van der Waals surface area contributed by atoms with Crippen LogP contribution < -0.4 is 20.3 Å². The van der Waals surface area contributed by atoms with Gasteiger partial charge in [0, 0.05) is 17.8 Å². The molecular weight excluding hydrogens is 384 g/mol. The van der Waals surface area contributed by atoms with Gasteiger partial charge >= 0.3 is 0 Å². The number of hydrogen-bond acceptors (Lipinski definition) is 8. The summed E-state index contributed by atoms with van der Waals surface area (Å²) in [5.41, 5.74) is 5.54. The molecule has 3 rings (SSSR count). The number of aromatic nitrogens is 2. The Morgan fingerprint density at radius 1 is 1.25 bits per heavy atom. The summed E-state index contributed by atoms with van der Waals surface area (Å²) in [5.74, 6) is -0.0310. The second kappa shape index (κ2) is 7.80. The first kappa shape index (κ1) is 19.5. The Labute approximate surface area is 162 Å². The average molecular weight is 404 g/mol. The predicted molar refractivity (Wildman–Crippen MR) is 102 cm³/mol. The number of rotatable bonds is 6. The van der Waals surface area contributed by atoms with Crippen LogP contribution in [0.25, 0.3) is 0 Å². The lowest BCUT2D eigenvalue weighted by molar-refractivity contribution is -0.122. The lowest BCUT2D eigenvalue weighted by Gasteiger charge is -2.17. The molecule has 2 heterocycles. The first-order valence-electron chi connectivity index (χ1n) is 8.44. The monoisotopic (exact) mass is 404 g/mol. The van der Waals surface area contributed by atoms with Crippen molar-refractivity contribution >= 4 is 27.7 Å². The Balaban J connectivity index is 1.80. The number of methoxy groups -OCH3 is 1. The number of anilines is 1. The van der Waals surface area contributed by atoms with Crippen LogP contribution in [0.15, 0.2) is 46.4 Å². The minimum Gasteiger partial charge on any atom is -0.481 e. The van der Waals surface area contributed by atoms with E-state index in [9.17, 15) is 13.2 Å². The van der Waals surface area contributed by atoms with E-state index in [1.807, 2.05) is 13.8 Å². The van der Waals surface area contributed by atoms with E-state index in [1.165, 1.54) is 19.4 Å². The number of nitrogens with one attached hydrogen (secondary N) is 3. The zero-order chi connectivity index (χ0) is 20.3. The molecule has 1 aliphatic heterocycles. The standard InChI is InChI=1S/C17H20N6O4S/c1-10(2)14(16(24)21-22-17-18-9-8-13(19-17)27-3)20-15-11-6-4-5-7-12(11)28(25,26)23-15/h4-10,14H,1-3H3,(H,20,23)(H,21,24)(H,18,19,22)/t14-/m0/s1. The van der Waals surface area contributed by atoms with E-state index < -0.39 is 22.0 Å². The summed E-state index contributed by atoms with van der Waals surface area (Å²) >= 11 is 0. The molecule has 2 aromatic rings. The van der Waals surface area contributed by atoms with Crippen molar-refractivity contribution in [1.82, 2.24) is 20.1 Å². The Bertz CT molecular complexity index is 1020. The van der Waals surface area contributed by atoms with Gasteiger partial charge in [-0.15, -0.1) is 0 Å². The molecule has 1 amide bonds. The molecule has 0 radical (unpaired) electrons. The number of hydrogen-bond donors (Lipinski definition) is 3. The molecule has 0 bridgehead atoms. The van der Waals surface area contributed by atoms with E-state index in [-0.39, 0.29) is 22.6 Å². The highest BCUT2D eigenvalue weighted by Crippen LogP contribution is 2.23. The van der Waals surface area contributed by atoms with Crippen molar-refractivity contribution in [1.29, 1.82) is 0 Å². The fraction of sp³-hybridized carbons (Fsp3) is 0.294. The smallest absolute Gasteiger partial charge is 0.263 e. The largest absolute Gasteiger partial charge is 0.481 e. The molecule has 0 aliphatic carbocycles. The Morgan fingerprint density at radius 2 is 2.00 bits per heavy atom. The van der Waals surface area contributed by atoms with Crippen LogP contribution in [0.2, 0.25) is 0 Å². The molecule has 11 heteroatoms. The number of aliphatic imine (C=N–C) groups is 1. The van der Waals surface area contributed by atoms with Crippen molar-refractivity contribution in [3.8, 4) is 5.88 Å². The molecule has 0 saturated heterocycles. The number of hydrazine groups is 1. The van der Waals surface area contributed by atoms with Crippen molar-refractivity contribution in [2.24, 2.45) is 10.9 Å². The number of ether oxygens (including phenoxy) is 1. The van der Waals surface area contributed by atoms with Gasteiger partial charge in [-0.2, -0.15) is 4.98 Å². The van der Waals surface area contributed by atoms with Crippen LogP contribution in [0.5, 0.6) is 5.88 Å². The minimum atomic E-state index is -3.68. The van der Waals surface area contributed by atoms with Gasteiger partial charge in [0.1, 0.15) is 11.9 Å². The molecule has 148 valence electrons. The maximum Gasteiger partial charge on any atom is 0.263 e. The van der Waals surface area contributed by atoms with E-state index in [2.05, 4.69) is 30.5 Å². The van der Waals surface area contributed by atoms with Gasteiger partial charge in [0.05, 0.1) is 12.0 Å². The summed E-state index contributed by atoms with van der Waals surface area (Å²) in [4.78, 5) is 25.1. The summed E-state index contributed by atoms with van der Waals surface area (Å²) in [7, 11) is -2.21. The first-order chi connectivity index (χ1) is 13.3. The zero-order valence-corrected chi connectivity index (χ0v) is 16.3. The third kappa shape index (κ3) is 4.03. The van der Waals surface area contributed by atoms with Gasteiger partial charge in [-0.3, -0.25) is 25.4 Å². The topological polar surface area (TPSA) is 135 Å². The van der Waals surface area contributed by atoms with Crippen LogP contribution in [0.1, 0.15) is 19.4 Å². The van der Waals surface area contributed by atoms with Crippen molar-refractivity contribution < 1.29 is 17.9 Å². The molecule has 1 aliphatic rings. The lowest BCUT2D eigenvalue weighted by Crippen LogP contribution is -2.41. The molecule has 3 N–H and O–H groups in total. The Kier molecular flexibility index (Phi) is 5.45.